The number of carbonyl (C=O) groups is 1. The maximum absolute atomic E-state index is 11.7. The predicted molar refractivity (Wildman–Crippen MR) is 110 cm³/mol. The van der Waals surface area contributed by atoms with Crippen LogP contribution in [-0.4, -0.2) is 28.4 Å². The lowest BCUT2D eigenvalue weighted by Gasteiger charge is -2.20. The Hall–Kier alpha value is -1.60. The molecule has 2 aromatic carbocycles. The molecule has 2 rings (SSSR count). The monoisotopic (exact) mass is 429 g/mol. The molecule has 2 aromatic rings. The van der Waals surface area contributed by atoms with Crippen LogP contribution in [-0.2, 0) is 22.4 Å². The molecule has 0 aliphatic rings. The number of hydrogen-bond donors (Lipinski definition) is 1. The number of esters is 1. The number of unbranched alkanes of at least 4 members (excludes halogenated alkanes) is 2. The van der Waals surface area contributed by atoms with Crippen LogP contribution in [0.3, 0.4) is 0 Å². The van der Waals surface area contributed by atoms with Crippen molar-refractivity contribution in [3.05, 3.63) is 63.6 Å². The van der Waals surface area contributed by atoms with Crippen LogP contribution in [0.4, 0.5) is 5.69 Å². The molecule has 5 nitrogen and oxygen atoms in total. The normalized spacial score (nSPS) is 11.9. The van der Waals surface area contributed by atoms with E-state index in [-0.39, 0.29) is 0 Å². The number of methoxy groups -OCH3 is 1. The Bertz CT molecular complexity index is 799. The third kappa shape index (κ3) is 6.21. The Labute approximate surface area is 171 Å². The van der Waals surface area contributed by atoms with E-state index in [1.807, 2.05) is 12.1 Å². The molecular formula is C19H21Cl2NO4S. The lowest BCUT2D eigenvalue weighted by molar-refractivity contribution is 0.0601. The Morgan fingerprint density at radius 3 is 2.44 bits per heavy atom. The van der Waals surface area contributed by atoms with Crippen LogP contribution in [0.15, 0.2) is 42.5 Å². The Morgan fingerprint density at radius 1 is 1.11 bits per heavy atom. The van der Waals surface area contributed by atoms with Gasteiger partial charge in [0, 0.05) is 6.54 Å². The third-order valence-electron chi connectivity index (χ3n) is 4.10. The summed E-state index contributed by atoms with van der Waals surface area (Å²) in [5.41, 5.74) is 1.97. The molecule has 8 heteroatoms. The summed E-state index contributed by atoms with van der Waals surface area (Å²) in [5, 5.41) is 1.13. The Balaban J connectivity index is 1.87. The summed E-state index contributed by atoms with van der Waals surface area (Å²) in [7, 11) is 1.31. The van der Waals surface area contributed by atoms with Crippen LogP contribution in [0, 0.1) is 0 Å². The van der Waals surface area contributed by atoms with Gasteiger partial charge in [0.1, 0.15) is 0 Å². The number of anilines is 1. The molecule has 0 aliphatic heterocycles. The van der Waals surface area contributed by atoms with E-state index in [4.69, 9.17) is 23.2 Å². The number of rotatable bonds is 9. The number of hydrogen-bond acceptors (Lipinski definition) is 3. The molecule has 0 fully saturated rings. The zero-order chi connectivity index (χ0) is 19.8. The second-order valence-corrected chi connectivity index (χ2v) is 7.58. The fraction of sp³-hybridized carbons (Fsp3) is 0.316. The molecule has 0 aliphatic carbocycles. The number of aryl methyl sites for hydroxylation is 1. The standard InChI is InChI=1S/C19H21Cl2NO4S/c1-26-19(23)15-9-11-16(12-10-15)22(27(24)25)13-4-2-3-6-14-7-5-8-17(20)18(14)21/h5,7-12H,2-4,6,13H2,1H3,(H,24,25). The van der Waals surface area contributed by atoms with E-state index < -0.39 is 17.2 Å². The van der Waals surface area contributed by atoms with Crippen molar-refractivity contribution in [1.82, 2.24) is 0 Å². The van der Waals surface area contributed by atoms with Crippen molar-refractivity contribution in [3.63, 3.8) is 0 Å². The zero-order valence-electron chi connectivity index (χ0n) is 14.9. The highest BCUT2D eigenvalue weighted by molar-refractivity contribution is 7.80. The summed E-state index contributed by atoms with van der Waals surface area (Å²) < 4.78 is 27.3. The number of carbonyl (C=O) groups excluding carboxylic acids is 1. The largest absolute Gasteiger partial charge is 0.465 e. The van der Waals surface area contributed by atoms with E-state index in [0.717, 1.165) is 31.2 Å². The highest BCUT2D eigenvalue weighted by atomic mass is 35.5. The Kier molecular flexibility index (Phi) is 8.57. The lowest BCUT2D eigenvalue weighted by atomic mass is 10.1. The topological polar surface area (TPSA) is 66.8 Å². The van der Waals surface area contributed by atoms with Gasteiger partial charge in [-0.25, -0.2) is 9.00 Å². The van der Waals surface area contributed by atoms with Gasteiger partial charge >= 0.3 is 5.97 Å². The van der Waals surface area contributed by atoms with Crippen LogP contribution in [0.1, 0.15) is 35.2 Å². The molecule has 0 amide bonds. The first-order valence-corrected chi connectivity index (χ1v) is 10.3. The van der Waals surface area contributed by atoms with E-state index in [2.05, 4.69) is 4.74 Å². The summed E-state index contributed by atoms with van der Waals surface area (Å²) in [6, 6.07) is 12.0. The van der Waals surface area contributed by atoms with Gasteiger partial charge in [0.25, 0.3) is 11.3 Å². The molecule has 0 aromatic heterocycles. The van der Waals surface area contributed by atoms with Crippen molar-refractivity contribution in [2.24, 2.45) is 0 Å². The first-order chi connectivity index (χ1) is 12.9. The Morgan fingerprint density at radius 2 is 1.81 bits per heavy atom. The molecule has 0 bridgehead atoms. The van der Waals surface area contributed by atoms with Crippen molar-refractivity contribution < 1.29 is 18.3 Å². The fourth-order valence-corrected chi connectivity index (χ4v) is 3.67. The summed E-state index contributed by atoms with van der Waals surface area (Å²) in [6.07, 6.45) is 3.31. The van der Waals surface area contributed by atoms with Crippen LogP contribution < -0.4 is 4.31 Å². The molecule has 0 spiro atoms. The summed E-state index contributed by atoms with van der Waals surface area (Å²) in [5.74, 6) is -0.446. The van der Waals surface area contributed by atoms with Crippen LogP contribution >= 0.6 is 23.2 Å². The van der Waals surface area contributed by atoms with Crippen LogP contribution in [0.25, 0.3) is 0 Å². The predicted octanol–water partition coefficient (Wildman–Crippen LogP) is 5.14. The van der Waals surface area contributed by atoms with E-state index in [0.29, 0.717) is 27.8 Å². The van der Waals surface area contributed by atoms with Gasteiger partial charge in [0.2, 0.25) is 0 Å². The van der Waals surface area contributed by atoms with Gasteiger partial charge in [0.15, 0.2) is 0 Å². The molecule has 0 heterocycles. The number of benzene rings is 2. The average molecular weight is 430 g/mol. The molecular weight excluding hydrogens is 409 g/mol. The summed E-state index contributed by atoms with van der Waals surface area (Å²) >= 11 is 10.0. The maximum atomic E-state index is 11.7. The summed E-state index contributed by atoms with van der Waals surface area (Å²) in [6.45, 7) is 0.421. The van der Waals surface area contributed by atoms with Gasteiger partial charge in [-0.1, -0.05) is 41.8 Å². The van der Waals surface area contributed by atoms with Crippen LogP contribution in [0.2, 0.25) is 10.0 Å². The molecule has 27 heavy (non-hydrogen) atoms. The van der Waals surface area contributed by atoms with Crippen molar-refractivity contribution in [3.8, 4) is 0 Å². The number of nitrogens with zero attached hydrogens (tertiary/aromatic N) is 1. The smallest absolute Gasteiger partial charge is 0.337 e. The van der Waals surface area contributed by atoms with Crippen molar-refractivity contribution in [1.29, 1.82) is 0 Å². The van der Waals surface area contributed by atoms with E-state index in [1.54, 1.807) is 30.3 Å². The first-order valence-electron chi connectivity index (χ1n) is 8.44. The van der Waals surface area contributed by atoms with Crippen molar-refractivity contribution >= 4 is 46.1 Å². The fourth-order valence-electron chi connectivity index (χ4n) is 2.67. The molecule has 1 atom stereocenters. The van der Waals surface area contributed by atoms with Gasteiger partial charge in [-0.3, -0.25) is 8.86 Å². The average Bonchev–Trinajstić information content (AvgIpc) is 2.67. The maximum Gasteiger partial charge on any atom is 0.337 e. The van der Waals surface area contributed by atoms with Gasteiger partial charge in [0.05, 0.1) is 28.4 Å². The lowest BCUT2D eigenvalue weighted by Crippen LogP contribution is -2.26. The molecule has 1 unspecified atom stereocenters. The van der Waals surface area contributed by atoms with Gasteiger partial charge in [-0.2, -0.15) is 0 Å². The second-order valence-electron chi connectivity index (χ2n) is 5.89. The first kappa shape index (κ1) is 21.7. The molecule has 146 valence electrons. The van der Waals surface area contributed by atoms with Gasteiger partial charge < -0.3 is 4.74 Å². The van der Waals surface area contributed by atoms with E-state index in [9.17, 15) is 13.6 Å². The number of ether oxygens (including phenoxy) is 1. The molecule has 0 saturated heterocycles. The molecule has 0 radical (unpaired) electrons. The van der Waals surface area contributed by atoms with Crippen LogP contribution in [0.5, 0.6) is 0 Å². The van der Waals surface area contributed by atoms with E-state index >= 15 is 0 Å². The number of halogens is 2. The summed E-state index contributed by atoms with van der Waals surface area (Å²) in [4.78, 5) is 11.5. The van der Waals surface area contributed by atoms with E-state index in [1.165, 1.54) is 11.4 Å². The highest BCUT2D eigenvalue weighted by Gasteiger charge is 2.13. The minimum absolute atomic E-state index is 0.392. The second kappa shape index (κ2) is 10.7. The van der Waals surface area contributed by atoms with Gasteiger partial charge in [-0.15, -0.1) is 0 Å². The quantitative estimate of drug-likeness (QED) is 0.340. The molecule has 1 N–H and O–H groups in total. The minimum Gasteiger partial charge on any atom is -0.465 e. The zero-order valence-corrected chi connectivity index (χ0v) is 17.2. The SMILES string of the molecule is COC(=O)c1ccc(N(CCCCCc2cccc(Cl)c2Cl)S(=O)O)cc1. The molecule has 0 saturated carbocycles. The van der Waals surface area contributed by atoms with Gasteiger partial charge in [-0.05, 0) is 55.2 Å². The highest BCUT2D eigenvalue weighted by Crippen LogP contribution is 2.27. The van der Waals surface area contributed by atoms with Crippen molar-refractivity contribution in [2.75, 3.05) is 18.0 Å². The van der Waals surface area contributed by atoms with Crippen molar-refractivity contribution in [2.45, 2.75) is 25.7 Å². The third-order valence-corrected chi connectivity index (χ3v) is 5.73. The minimum atomic E-state index is -2.14.